The van der Waals surface area contributed by atoms with Gasteiger partial charge >= 0.3 is 0 Å². The van der Waals surface area contributed by atoms with Gasteiger partial charge in [-0.3, -0.25) is 4.68 Å². The first kappa shape index (κ1) is 10.2. The molecule has 1 aliphatic carbocycles. The Morgan fingerprint density at radius 3 is 2.79 bits per heavy atom. The Balaban J connectivity index is 1.76. The van der Waals surface area contributed by atoms with Crippen molar-refractivity contribution in [2.75, 3.05) is 0 Å². The molecule has 14 heavy (non-hydrogen) atoms. The Morgan fingerprint density at radius 2 is 2.14 bits per heavy atom. The van der Waals surface area contributed by atoms with E-state index in [1.54, 1.807) is 0 Å². The molecular weight excluding hydrogens is 240 g/mol. The van der Waals surface area contributed by atoms with Gasteiger partial charge in [0.25, 0.3) is 0 Å². The number of aryl methyl sites for hydroxylation is 1. The Morgan fingerprint density at radius 1 is 1.36 bits per heavy atom. The minimum atomic E-state index is 0.951. The Kier molecular flexibility index (Phi) is 3.62. The maximum absolute atomic E-state index is 4.27. The molecule has 1 saturated carbocycles. The lowest BCUT2D eigenvalue weighted by atomic mass is 9.87. The summed E-state index contributed by atoms with van der Waals surface area (Å²) in [6.07, 6.45) is 12.4. The number of nitrogens with zero attached hydrogens (tertiary/aromatic N) is 2. The zero-order chi connectivity index (χ0) is 9.80. The smallest absolute Gasteiger partial charge is 0.0632 e. The second-order valence-corrected chi connectivity index (χ2v) is 5.13. The summed E-state index contributed by atoms with van der Waals surface area (Å²) >= 11 is 3.41. The van der Waals surface area contributed by atoms with Crippen molar-refractivity contribution in [3.05, 3.63) is 16.9 Å². The van der Waals surface area contributed by atoms with Gasteiger partial charge in [-0.25, -0.2) is 0 Å². The summed E-state index contributed by atoms with van der Waals surface area (Å²) < 4.78 is 3.12. The molecule has 1 aromatic heterocycles. The third-order valence-electron chi connectivity index (χ3n) is 3.09. The van der Waals surface area contributed by atoms with Gasteiger partial charge in [0, 0.05) is 12.7 Å². The Hall–Kier alpha value is -0.310. The van der Waals surface area contributed by atoms with Gasteiger partial charge in [-0.1, -0.05) is 32.1 Å². The molecule has 0 bridgehead atoms. The van der Waals surface area contributed by atoms with E-state index in [2.05, 4.69) is 27.2 Å². The van der Waals surface area contributed by atoms with Crippen LogP contribution in [0.3, 0.4) is 0 Å². The fourth-order valence-electron chi connectivity index (χ4n) is 2.25. The third kappa shape index (κ3) is 2.84. The van der Waals surface area contributed by atoms with E-state index in [0.717, 1.165) is 16.9 Å². The summed E-state index contributed by atoms with van der Waals surface area (Å²) in [7, 11) is 0. The van der Waals surface area contributed by atoms with Gasteiger partial charge in [0.2, 0.25) is 0 Å². The molecule has 0 saturated heterocycles. The average molecular weight is 257 g/mol. The number of halogens is 1. The normalized spacial score (nSPS) is 18.6. The molecule has 1 fully saturated rings. The van der Waals surface area contributed by atoms with Crippen molar-refractivity contribution in [1.82, 2.24) is 9.78 Å². The van der Waals surface area contributed by atoms with Crippen molar-refractivity contribution in [3.8, 4) is 0 Å². The molecule has 0 spiro atoms. The third-order valence-corrected chi connectivity index (χ3v) is 3.50. The van der Waals surface area contributed by atoms with Crippen molar-refractivity contribution >= 4 is 15.9 Å². The van der Waals surface area contributed by atoms with E-state index in [1.807, 2.05) is 10.9 Å². The van der Waals surface area contributed by atoms with Gasteiger partial charge < -0.3 is 0 Å². The van der Waals surface area contributed by atoms with Crippen molar-refractivity contribution in [3.63, 3.8) is 0 Å². The van der Waals surface area contributed by atoms with E-state index in [4.69, 9.17) is 0 Å². The highest BCUT2D eigenvalue weighted by atomic mass is 79.9. The molecule has 0 atom stereocenters. The summed E-state index contributed by atoms with van der Waals surface area (Å²) in [6, 6.07) is 0. The number of rotatable bonds is 3. The maximum atomic E-state index is 4.27. The predicted molar refractivity (Wildman–Crippen MR) is 61.1 cm³/mol. The molecule has 1 heterocycles. The van der Waals surface area contributed by atoms with Gasteiger partial charge in [-0.2, -0.15) is 5.10 Å². The van der Waals surface area contributed by atoms with Crippen LogP contribution in [0.25, 0.3) is 0 Å². The molecule has 0 N–H and O–H groups in total. The Bertz CT molecular complexity index is 277. The van der Waals surface area contributed by atoms with Gasteiger partial charge in [0.05, 0.1) is 10.7 Å². The first-order valence-electron chi connectivity index (χ1n) is 5.52. The van der Waals surface area contributed by atoms with Crippen molar-refractivity contribution in [1.29, 1.82) is 0 Å². The van der Waals surface area contributed by atoms with E-state index in [-0.39, 0.29) is 0 Å². The van der Waals surface area contributed by atoms with Crippen molar-refractivity contribution in [2.24, 2.45) is 5.92 Å². The van der Waals surface area contributed by atoms with Crippen LogP contribution in [0.4, 0.5) is 0 Å². The maximum Gasteiger partial charge on any atom is 0.0632 e. The SMILES string of the molecule is Brc1cnn(CCC2CCCCC2)c1. The van der Waals surface area contributed by atoms with E-state index in [9.17, 15) is 0 Å². The largest absolute Gasteiger partial charge is 0.272 e. The van der Waals surface area contributed by atoms with Crippen LogP contribution in [-0.2, 0) is 6.54 Å². The second-order valence-electron chi connectivity index (χ2n) is 4.21. The first-order valence-corrected chi connectivity index (χ1v) is 6.32. The van der Waals surface area contributed by atoms with Gasteiger partial charge in [-0.05, 0) is 28.3 Å². The van der Waals surface area contributed by atoms with E-state index in [1.165, 1.54) is 38.5 Å². The van der Waals surface area contributed by atoms with Crippen LogP contribution in [0.2, 0.25) is 0 Å². The zero-order valence-electron chi connectivity index (χ0n) is 8.45. The molecule has 0 aromatic carbocycles. The van der Waals surface area contributed by atoms with Gasteiger partial charge in [0.15, 0.2) is 0 Å². The minimum Gasteiger partial charge on any atom is -0.272 e. The molecule has 0 unspecified atom stereocenters. The standard InChI is InChI=1S/C11H17BrN2/c12-11-8-13-14(9-11)7-6-10-4-2-1-3-5-10/h8-10H,1-7H2. The van der Waals surface area contributed by atoms with Crippen LogP contribution >= 0.6 is 15.9 Å². The molecule has 2 rings (SSSR count). The summed E-state index contributed by atoms with van der Waals surface area (Å²) in [4.78, 5) is 0. The lowest BCUT2D eigenvalue weighted by molar-refractivity contribution is 0.319. The van der Waals surface area contributed by atoms with Crippen molar-refractivity contribution < 1.29 is 0 Å². The lowest BCUT2D eigenvalue weighted by Crippen LogP contribution is -2.10. The fraction of sp³-hybridized carbons (Fsp3) is 0.727. The monoisotopic (exact) mass is 256 g/mol. The first-order chi connectivity index (χ1) is 6.84. The molecule has 3 heteroatoms. The summed E-state index contributed by atoms with van der Waals surface area (Å²) in [6.45, 7) is 1.08. The number of hydrogen-bond acceptors (Lipinski definition) is 1. The molecule has 1 aliphatic rings. The van der Waals surface area contributed by atoms with Crippen LogP contribution in [0, 0.1) is 5.92 Å². The molecule has 0 aliphatic heterocycles. The van der Waals surface area contributed by atoms with Gasteiger partial charge in [-0.15, -0.1) is 0 Å². The molecule has 1 aromatic rings. The highest BCUT2D eigenvalue weighted by Crippen LogP contribution is 2.26. The number of hydrogen-bond donors (Lipinski definition) is 0. The minimum absolute atomic E-state index is 0.951. The fourth-order valence-corrected chi connectivity index (χ4v) is 2.58. The quantitative estimate of drug-likeness (QED) is 0.808. The van der Waals surface area contributed by atoms with E-state index >= 15 is 0 Å². The highest BCUT2D eigenvalue weighted by molar-refractivity contribution is 9.10. The summed E-state index contributed by atoms with van der Waals surface area (Å²) in [5.74, 6) is 0.951. The van der Waals surface area contributed by atoms with Crippen LogP contribution in [0.15, 0.2) is 16.9 Å². The second kappa shape index (κ2) is 4.96. The predicted octanol–water partition coefficient (Wildman–Crippen LogP) is 3.62. The molecular formula is C11H17BrN2. The molecule has 2 nitrogen and oxygen atoms in total. The van der Waals surface area contributed by atoms with Crippen molar-refractivity contribution in [2.45, 2.75) is 45.1 Å². The molecule has 78 valence electrons. The van der Waals surface area contributed by atoms with E-state index in [0.29, 0.717) is 0 Å². The van der Waals surface area contributed by atoms with Crippen LogP contribution in [0.5, 0.6) is 0 Å². The van der Waals surface area contributed by atoms with Gasteiger partial charge in [0.1, 0.15) is 0 Å². The molecule has 0 radical (unpaired) electrons. The highest BCUT2D eigenvalue weighted by Gasteiger charge is 2.12. The van der Waals surface area contributed by atoms with Crippen LogP contribution < -0.4 is 0 Å². The summed E-state index contributed by atoms with van der Waals surface area (Å²) in [5, 5.41) is 4.27. The molecule has 0 amide bonds. The zero-order valence-corrected chi connectivity index (χ0v) is 10.0. The number of aromatic nitrogens is 2. The lowest BCUT2D eigenvalue weighted by Gasteiger charge is -2.21. The average Bonchev–Trinajstić information content (AvgIpc) is 2.63. The van der Waals surface area contributed by atoms with E-state index < -0.39 is 0 Å². The topological polar surface area (TPSA) is 17.8 Å². The summed E-state index contributed by atoms with van der Waals surface area (Å²) in [5.41, 5.74) is 0. The Labute approximate surface area is 93.8 Å². The van der Waals surface area contributed by atoms with Crippen LogP contribution in [-0.4, -0.2) is 9.78 Å². The van der Waals surface area contributed by atoms with Crippen LogP contribution in [0.1, 0.15) is 38.5 Å².